The molecular formula is C16H20N4O4S. The predicted molar refractivity (Wildman–Crippen MR) is 92.3 cm³/mol. The maximum absolute atomic E-state index is 12.6. The number of carbonyl (C=O) groups is 1. The molecule has 1 amide bonds. The number of aryl methyl sites for hydroxylation is 1. The van der Waals surface area contributed by atoms with E-state index in [2.05, 4.69) is 15.5 Å². The third kappa shape index (κ3) is 4.05. The summed E-state index contributed by atoms with van der Waals surface area (Å²) in [4.78, 5) is 16.8. The van der Waals surface area contributed by atoms with Crippen molar-refractivity contribution < 1.29 is 17.7 Å². The third-order valence-electron chi connectivity index (χ3n) is 4.10. The average molecular weight is 364 g/mol. The monoisotopic (exact) mass is 364 g/mol. The molecule has 0 saturated carbocycles. The number of hydrogen-bond donors (Lipinski definition) is 1. The lowest BCUT2D eigenvalue weighted by Crippen LogP contribution is -2.49. The molecule has 9 heteroatoms. The molecule has 1 aliphatic rings. The maximum atomic E-state index is 12.6. The number of carbonyl (C=O) groups excluding carboxylic acids is 1. The van der Waals surface area contributed by atoms with E-state index in [1.807, 2.05) is 6.07 Å². The van der Waals surface area contributed by atoms with Crippen LogP contribution < -0.4 is 5.32 Å². The second-order valence-corrected chi connectivity index (χ2v) is 8.03. The van der Waals surface area contributed by atoms with Gasteiger partial charge < -0.3 is 9.84 Å². The SMILES string of the molecule is Cc1nc(-c2cccc(NC(=O)C3CCCCN3S(C)(=O)=O)c2)no1. The fraction of sp³-hybridized carbons (Fsp3) is 0.438. The molecule has 2 aromatic rings. The molecule has 1 aliphatic heterocycles. The van der Waals surface area contributed by atoms with Crippen LogP contribution in [0.15, 0.2) is 28.8 Å². The van der Waals surface area contributed by atoms with Crippen molar-refractivity contribution in [3.8, 4) is 11.4 Å². The first-order valence-corrected chi connectivity index (χ1v) is 9.88. The second-order valence-electron chi connectivity index (χ2n) is 6.09. The van der Waals surface area contributed by atoms with Crippen LogP contribution in [0.2, 0.25) is 0 Å². The zero-order chi connectivity index (χ0) is 18.0. The Kier molecular flexibility index (Phi) is 4.87. The van der Waals surface area contributed by atoms with Gasteiger partial charge in [0.25, 0.3) is 0 Å². The zero-order valence-electron chi connectivity index (χ0n) is 14.1. The van der Waals surface area contributed by atoms with E-state index in [-0.39, 0.29) is 5.91 Å². The highest BCUT2D eigenvalue weighted by Crippen LogP contribution is 2.23. The molecule has 1 saturated heterocycles. The van der Waals surface area contributed by atoms with E-state index in [1.54, 1.807) is 25.1 Å². The van der Waals surface area contributed by atoms with Gasteiger partial charge in [-0.05, 0) is 25.0 Å². The van der Waals surface area contributed by atoms with Crippen LogP contribution in [0.4, 0.5) is 5.69 Å². The number of benzene rings is 1. The van der Waals surface area contributed by atoms with Gasteiger partial charge >= 0.3 is 0 Å². The Balaban J connectivity index is 1.78. The molecule has 0 radical (unpaired) electrons. The van der Waals surface area contributed by atoms with Crippen LogP contribution in [0.1, 0.15) is 25.2 Å². The molecule has 8 nitrogen and oxygen atoms in total. The van der Waals surface area contributed by atoms with Crippen LogP contribution in [0.25, 0.3) is 11.4 Å². The minimum atomic E-state index is -3.42. The summed E-state index contributed by atoms with van der Waals surface area (Å²) in [7, 11) is -3.42. The average Bonchev–Trinajstić information content (AvgIpc) is 3.01. The van der Waals surface area contributed by atoms with E-state index < -0.39 is 16.1 Å². The van der Waals surface area contributed by atoms with Gasteiger partial charge in [-0.25, -0.2) is 8.42 Å². The number of amides is 1. The largest absolute Gasteiger partial charge is 0.339 e. The number of piperidine rings is 1. The van der Waals surface area contributed by atoms with Gasteiger partial charge in [-0.3, -0.25) is 4.79 Å². The van der Waals surface area contributed by atoms with Gasteiger partial charge in [-0.2, -0.15) is 9.29 Å². The third-order valence-corrected chi connectivity index (χ3v) is 5.39. The lowest BCUT2D eigenvalue weighted by Gasteiger charge is -2.32. The van der Waals surface area contributed by atoms with E-state index >= 15 is 0 Å². The molecule has 1 N–H and O–H groups in total. The van der Waals surface area contributed by atoms with Crippen LogP contribution in [0, 0.1) is 6.92 Å². The summed E-state index contributed by atoms with van der Waals surface area (Å²) < 4.78 is 30.1. The van der Waals surface area contributed by atoms with Crippen molar-refractivity contribution in [1.82, 2.24) is 14.4 Å². The van der Waals surface area contributed by atoms with Gasteiger partial charge in [0.1, 0.15) is 6.04 Å². The molecule has 0 spiro atoms. The molecule has 25 heavy (non-hydrogen) atoms. The number of sulfonamides is 1. The summed E-state index contributed by atoms with van der Waals surface area (Å²) in [5.41, 5.74) is 1.27. The van der Waals surface area contributed by atoms with E-state index in [1.165, 1.54) is 4.31 Å². The van der Waals surface area contributed by atoms with Crippen molar-refractivity contribution in [2.45, 2.75) is 32.2 Å². The van der Waals surface area contributed by atoms with Gasteiger partial charge in [-0.1, -0.05) is 23.7 Å². The van der Waals surface area contributed by atoms with Gasteiger partial charge in [0.05, 0.1) is 6.26 Å². The fourth-order valence-electron chi connectivity index (χ4n) is 2.94. The summed E-state index contributed by atoms with van der Waals surface area (Å²) in [6, 6.07) is 6.37. The molecule has 2 heterocycles. The molecule has 0 aliphatic carbocycles. The minimum absolute atomic E-state index is 0.327. The Morgan fingerprint density at radius 1 is 1.36 bits per heavy atom. The Labute approximate surface area is 146 Å². The molecule has 1 aromatic heterocycles. The lowest BCUT2D eigenvalue weighted by molar-refractivity contribution is -0.120. The smallest absolute Gasteiger partial charge is 0.242 e. The summed E-state index contributed by atoms with van der Waals surface area (Å²) in [5.74, 6) is 0.561. The Hall–Kier alpha value is -2.26. The number of nitrogens with one attached hydrogen (secondary N) is 1. The quantitative estimate of drug-likeness (QED) is 0.887. The topological polar surface area (TPSA) is 105 Å². The molecule has 1 aromatic carbocycles. The predicted octanol–water partition coefficient (Wildman–Crippen LogP) is 1.80. The number of rotatable bonds is 4. The van der Waals surface area contributed by atoms with E-state index in [0.717, 1.165) is 19.1 Å². The molecule has 1 atom stereocenters. The lowest BCUT2D eigenvalue weighted by atomic mass is 10.0. The summed E-state index contributed by atoms with van der Waals surface area (Å²) in [5, 5.41) is 6.65. The van der Waals surface area contributed by atoms with E-state index in [0.29, 0.717) is 35.9 Å². The van der Waals surface area contributed by atoms with Gasteiger partial charge in [0.15, 0.2) is 0 Å². The van der Waals surface area contributed by atoms with Crippen LogP contribution in [0.5, 0.6) is 0 Å². The first kappa shape index (κ1) is 17.6. The van der Waals surface area contributed by atoms with Crippen molar-refractivity contribution in [1.29, 1.82) is 0 Å². The number of hydrogen-bond acceptors (Lipinski definition) is 6. The number of nitrogens with zero attached hydrogens (tertiary/aromatic N) is 3. The first-order chi connectivity index (χ1) is 11.8. The first-order valence-electron chi connectivity index (χ1n) is 8.03. The Morgan fingerprint density at radius 3 is 2.84 bits per heavy atom. The zero-order valence-corrected chi connectivity index (χ0v) is 14.9. The molecule has 0 bridgehead atoms. The summed E-state index contributed by atoms with van der Waals surface area (Å²) >= 11 is 0. The fourth-order valence-corrected chi connectivity index (χ4v) is 4.07. The maximum Gasteiger partial charge on any atom is 0.242 e. The van der Waals surface area contributed by atoms with Crippen molar-refractivity contribution in [3.05, 3.63) is 30.2 Å². The molecular weight excluding hydrogens is 344 g/mol. The summed E-state index contributed by atoms with van der Waals surface area (Å²) in [6.07, 6.45) is 3.25. The highest BCUT2D eigenvalue weighted by atomic mass is 32.2. The number of anilines is 1. The van der Waals surface area contributed by atoms with Gasteiger partial charge in [-0.15, -0.1) is 0 Å². The minimum Gasteiger partial charge on any atom is -0.339 e. The standard InChI is InChI=1S/C16H20N4O4S/c1-11-17-15(19-24-11)12-6-5-7-13(10-12)18-16(21)14-8-3-4-9-20(14)25(2,22)23/h5-7,10,14H,3-4,8-9H2,1-2H3,(H,18,21). The highest BCUT2D eigenvalue weighted by molar-refractivity contribution is 7.88. The van der Waals surface area contributed by atoms with E-state index in [4.69, 9.17) is 4.52 Å². The normalized spacial score (nSPS) is 18.9. The van der Waals surface area contributed by atoms with Crippen molar-refractivity contribution in [2.75, 3.05) is 18.1 Å². The van der Waals surface area contributed by atoms with E-state index in [9.17, 15) is 13.2 Å². The number of aromatic nitrogens is 2. The van der Waals surface area contributed by atoms with Crippen LogP contribution >= 0.6 is 0 Å². The van der Waals surface area contributed by atoms with Crippen LogP contribution in [-0.4, -0.2) is 47.6 Å². The molecule has 1 fully saturated rings. The molecule has 3 rings (SSSR count). The molecule has 134 valence electrons. The Bertz CT molecular complexity index is 878. The molecule has 1 unspecified atom stereocenters. The van der Waals surface area contributed by atoms with Crippen LogP contribution in [0.3, 0.4) is 0 Å². The summed E-state index contributed by atoms with van der Waals surface area (Å²) in [6.45, 7) is 2.07. The van der Waals surface area contributed by atoms with Crippen molar-refractivity contribution >= 4 is 21.6 Å². The van der Waals surface area contributed by atoms with Crippen LogP contribution in [-0.2, 0) is 14.8 Å². The highest BCUT2D eigenvalue weighted by Gasteiger charge is 2.34. The van der Waals surface area contributed by atoms with Gasteiger partial charge in [0.2, 0.25) is 27.6 Å². The second kappa shape index (κ2) is 6.93. The van der Waals surface area contributed by atoms with Crippen molar-refractivity contribution in [3.63, 3.8) is 0 Å². The Morgan fingerprint density at radius 2 is 2.16 bits per heavy atom. The van der Waals surface area contributed by atoms with Gasteiger partial charge in [0, 0.05) is 24.7 Å². The van der Waals surface area contributed by atoms with Crippen molar-refractivity contribution in [2.24, 2.45) is 0 Å².